The van der Waals surface area contributed by atoms with Crippen LogP contribution in [0.4, 0.5) is 0 Å². The topological polar surface area (TPSA) is 57.0 Å². The Hall–Kier alpha value is -2.02. The Morgan fingerprint density at radius 1 is 1.15 bits per heavy atom. The van der Waals surface area contributed by atoms with Crippen molar-refractivity contribution in [2.24, 2.45) is 7.05 Å². The SMILES string of the molecule is CC(Oc1ccccc1Cl)c1nnc(SCC(=O)c2ccc(Cl)cc2)n1C. The zero-order chi connectivity index (χ0) is 19.4. The highest BCUT2D eigenvalue weighted by atomic mass is 35.5. The summed E-state index contributed by atoms with van der Waals surface area (Å²) >= 11 is 13.3. The predicted molar refractivity (Wildman–Crippen MR) is 108 cm³/mol. The first-order chi connectivity index (χ1) is 13.0. The summed E-state index contributed by atoms with van der Waals surface area (Å²) in [5.74, 6) is 1.49. The van der Waals surface area contributed by atoms with Gasteiger partial charge in [0.05, 0.1) is 10.8 Å². The molecule has 0 amide bonds. The van der Waals surface area contributed by atoms with Crippen LogP contribution >= 0.6 is 35.0 Å². The number of thioether (sulfide) groups is 1. The molecule has 0 aliphatic heterocycles. The third-order valence-corrected chi connectivity index (χ3v) is 5.46. The van der Waals surface area contributed by atoms with E-state index in [4.69, 9.17) is 27.9 Å². The molecule has 0 fully saturated rings. The van der Waals surface area contributed by atoms with Crippen LogP contribution in [0.15, 0.2) is 53.7 Å². The van der Waals surface area contributed by atoms with Crippen LogP contribution in [0.3, 0.4) is 0 Å². The number of nitrogens with zero attached hydrogens (tertiary/aromatic N) is 3. The van der Waals surface area contributed by atoms with E-state index in [1.807, 2.05) is 30.7 Å². The Kier molecular flexibility index (Phi) is 6.42. The molecule has 3 aromatic rings. The highest BCUT2D eigenvalue weighted by molar-refractivity contribution is 7.99. The standard InChI is InChI=1S/C19H17Cl2N3O2S/c1-12(26-17-6-4-3-5-15(17)21)18-22-23-19(24(18)2)27-11-16(25)13-7-9-14(20)10-8-13/h3-10,12H,11H2,1-2H3. The largest absolute Gasteiger partial charge is 0.481 e. The fraction of sp³-hybridized carbons (Fsp3) is 0.211. The molecule has 0 radical (unpaired) electrons. The van der Waals surface area contributed by atoms with Crippen molar-refractivity contribution in [3.05, 3.63) is 70.0 Å². The first-order valence-electron chi connectivity index (χ1n) is 8.17. The number of carbonyl (C=O) groups excluding carboxylic acids is 1. The van der Waals surface area contributed by atoms with E-state index in [-0.39, 0.29) is 17.6 Å². The molecule has 0 saturated carbocycles. The van der Waals surface area contributed by atoms with Gasteiger partial charge in [0.25, 0.3) is 0 Å². The van der Waals surface area contributed by atoms with Crippen LogP contribution in [0, 0.1) is 0 Å². The van der Waals surface area contributed by atoms with Crippen LogP contribution in [0.2, 0.25) is 10.0 Å². The summed E-state index contributed by atoms with van der Waals surface area (Å²) in [5, 5.41) is 10.1. The van der Waals surface area contributed by atoms with Gasteiger partial charge in [0, 0.05) is 17.6 Å². The van der Waals surface area contributed by atoms with E-state index in [1.54, 1.807) is 36.4 Å². The van der Waals surface area contributed by atoms with Crippen LogP contribution in [-0.4, -0.2) is 26.3 Å². The van der Waals surface area contributed by atoms with E-state index in [0.717, 1.165) is 0 Å². The van der Waals surface area contributed by atoms with Gasteiger partial charge in [-0.2, -0.15) is 0 Å². The Labute approximate surface area is 171 Å². The maximum atomic E-state index is 12.3. The van der Waals surface area contributed by atoms with E-state index in [2.05, 4.69) is 10.2 Å². The molecule has 3 rings (SSSR count). The van der Waals surface area contributed by atoms with Crippen LogP contribution < -0.4 is 4.74 Å². The maximum Gasteiger partial charge on any atom is 0.191 e. The molecule has 0 spiro atoms. The number of rotatable bonds is 7. The van der Waals surface area contributed by atoms with Crippen molar-refractivity contribution in [3.8, 4) is 5.75 Å². The highest BCUT2D eigenvalue weighted by Gasteiger charge is 2.19. The molecule has 5 nitrogen and oxygen atoms in total. The average molecular weight is 422 g/mol. The number of para-hydroxylation sites is 1. The fourth-order valence-corrected chi connectivity index (χ4v) is 3.56. The summed E-state index contributed by atoms with van der Waals surface area (Å²) in [6.45, 7) is 1.88. The Morgan fingerprint density at radius 2 is 1.85 bits per heavy atom. The van der Waals surface area contributed by atoms with Gasteiger partial charge in [-0.3, -0.25) is 4.79 Å². The van der Waals surface area contributed by atoms with Gasteiger partial charge in [-0.05, 0) is 43.3 Å². The van der Waals surface area contributed by atoms with E-state index in [9.17, 15) is 4.79 Å². The number of Topliss-reactive ketones (excluding diaryl/α,β-unsaturated/α-hetero) is 1. The number of carbonyl (C=O) groups is 1. The quantitative estimate of drug-likeness (QED) is 0.385. The minimum absolute atomic E-state index is 0.00147. The molecular formula is C19H17Cl2N3O2S. The zero-order valence-electron chi connectivity index (χ0n) is 14.7. The Bertz CT molecular complexity index is 944. The lowest BCUT2D eigenvalue weighted by molar-refractivity contribution is 0.102. The number of ether oxygens (including phenoxy) is 1. The second-order valence-electron chi connectivity index (χ2n) is 5.81. The second-order valence-corrected chi connectivity index (χ2v) is 7.60. The number of benzene rings is 2. The van der Waals surface area contributed by atoms with Gasteiger partial charge in [-0.1, -0.05) is 47.1 Å². The second kappa shape index (κ2) is 8.78. The third-order valence-electron chi connectivity index (χ3n) is 3.87. The van der Waals surface area contributed by atoms with Crippen molar-refractivity contribution < 1.29 is 9.53 Å². The summed E-state index contributed by atoms with van der Waals surface area (Å²) < 4.78 is 7.71. The van der Waals surface area contributed by atoms with Gasteiger partial charge in [0.1, 0.15) is 5.75 Å². The lowest BCUT2D eigenvalue weighted by Crippen LogP contribution is -2.10. The summed E-state index contributed by atoms with van der Waals surface area (Å²) in [6.07, 6.45) is -0.344. The van der Waals surface area contributed by atoms with Gasteiger partial charge in [-0.15, -0.1) is 10.2 Å². The molecule has 1 aromatic heterocycles. The molecule has 1 heterocycles. The van der Waals surface area contributed by atoms with E-state index in [0.29, 0.717) is 32.3 Å². The van der Waals surface area contributed by atoms with E-state index >= 15 is 0 Å². The molecule has 0 bridgehead atoms. The molecule has 140 valence electrons. The molecule has 2 aromatic carbocycles. The minimum Gasteiger partial charge on any atom is -0.481 e. The fourth-order valence-electron chi connectivity index (χ4n) is 2.44. The van der Waals surface area contributed by atoms with Crippen molar-refractivity contribution in [1.29, 1.82) is 0 Å². The van der Waals surface area contributed by atoms with E-state index in [1.165, 1.54) is 11.8 Å². The van der Waals surface area contributed by atoms with Gasteiger partial charge in [0.2, 0.25) is 0 Å². The number of halogens is 2. The lowest BCUT2D eigenvalue weighted by Gasteiger charge is -2.15. The molecule has 0 saturated heterocycles. The summed E-state index contributed by atoms with van der Waals surface area (Å²) in [7, 11) is 1.84. The first-order valence-corrected chi connectivity index (χ1v) is 9.92. The molecule has 0 N–H and O–H groups in total. The molecule has 1 unspecified atom stereocenters. The van der Waals surface area contributed by atoms with Gasteiger partial charge in [-0.25, -0.2) is 0 Å². The zero-order valence-corrected chi connectivity index (χ0v) is 17.1. The maximum absolute atomic E-state index is 12.3. The number of hydrogen-bond acceptors (Lipinski definition) is 5. The summed E-state index contributed by atoms with van der Waals surface area (Å²) in [5.41, 5.74) is 0.615. The molecule has 1 atom stereocenters. The van der Waals surface area contributed by atoms with Crippen molar-refractivity contribution in [1.82, 2.24) is 14.8 Å². The third kappa shape index (κ3) is 4.83. The molecule has 0 aliphatic rings. The molecule has 8 heteroatoms. The lowest BCUT2D eigenvalue weighted by atomic mass is 10.1. The normalized spacial score (nSPS) is 12.0. The Morgan fingerprint density at radius 3 is 2.56 bits per heavy atom. The summed E-state index contributed by atoms with van der Waals surface area (Å²) in [4.78, 5) is 12.3. The highest BCUT2D eigenvalue weighted by Crippen LogP contribution is 2.29. The molecular weight excluding hydrogens is 405 g/mol. The van der Waals surface area contributed by atoms with Crippen molar-refractivity contribution in [2.45, 2.75) is 18.2 Å². The smallest absolute Gasteiger partial charge is 0.191 e. The van der Waals surface area contributed by atoms with Gasteiger partial charge < -0.3 is 9.30 Å². The molecule has 0 aliphatic carbocycles. The monoisotopic (exact) mass is 421 g/mol. The van der Waals surface area contributed by atoms with Crippen LogP contribution in [0.25, 0.3) is 0 Å². The van der Waals surface area contributed by atoms with Crippen molar-refractivity contribution in [2.75, 3.05) is 5.75 Å². The van der Waals surface area contributed by atoms with Crippen LogP contribution in [0.5, 0.6) is 5.75 Å². The molecule has 27 heavy (non-hydrogen) atoms. The number of hydrogen-bond donors (Lipinski definition) is 0. The van der Waals surface area contributed by atoms with Gasteiger partial charge >= 0.3 is 0 Å². The number of ketones is 1. The van der Waals surface area contributed by atoms with Crippen molar-refractivity contribution >= 4 is 40.7 Å². The van der Waals surface area contributed by atoms with Crippen LogP contribution in [0.1, 0.15) is 29.2 Å². The minimum atomic E-state index is -0.344. The van der Waals surface area contributed by atoms with Crippen molar-refractivity contribution in [3.63, 3.8) is 0 Å². The Balaban J connectivity index is 1.65. The number of aromatic nitrogens is 3. The summed E-state index contributed by atoms with van der Waals surface area (Å²) in [6, 6.07) is 14.1. The van der Waals surface area contributed by atoms with Crippen LogP contribution in [-0.2, 0) is 7.05 Å². The van der Waals surface area contributed by atoms with E-state index < -0.39 is 0 Å². The first kappa shape index (κ1) is 19.7. The predicted octanol–water partition coefficient (Wildman–Crippen LogP) is 5.24. The average Bonchev–Trinajstić information content (AvgIpc) is 3.03. The van der Waals surface area contributed by atoms with Gasteiger partial charge in [0.15, 0.2) is 22.9 Å².